The van der Waals surface area contributed by atoms with Crippen molar-refractivity contribution in [1.82, 2.24) is 30.9 Å². The van der Waals surface area contributed by atoms with Crippen LogP contribution in [0, 0.1) is 0 Å². The fourth-order valence-corrected chi connectivity index (χ4v) is 4.63. The van der Waals surface area contributed by atoms with Crippen molar-refractivity contribution >= 4 is 46.4 Å². The van der Waals surface area contributed by atoms with E-state index in [2.05, 4.69) is 30.9 Å². The van der Waals surface area contributed by atoms with Crippen LogP contribution in [0.15, 0.2) is 43.0 Å². The Balaban J connectivity index is 1.72. The predicted octanol–water partition coefficient (Wildman–Crippen LogP) is -0.324. The van der Waals surface area contributed by atoms with E-state index < -0.39 is 54.0 Å². The second-order valence-corrected chi connectivity index (χ2v) is 10.4. The molecule has 0 bridgehead atoms. The maximum Gasteiger partial charge on any atom is 0.328 e. The quantitative estimate of drug-likeness (QED) is 0.119. The van der Waals surface area contributed by atoms with E-state index in [4.69, 9.17) is 5.73 Å². The highest BCUT2D eigenvalue weighted by atomic mass is 32.2. The first-order chi connectivity index (χ1) is 19.1. The summed E-state index contributed by atoms with van der Waals surface area (Å²) in [6.45, 7) is 1.23. The molecule has 0 spiro atoms. The summed E-state index contributed by atoms with van der Waals surface area (Å²) in [4.78, 5) is 60.8. The molecule has 3 amide bonds. The number of aliphatic hydroxyl groups is 1. The summed E-state index contributed by atoms with van der Waals surface area (Å²) >= 11 is 1.48. The van der Waals surface area contributed by atoms with E-state index in [9.17, 15) is 29.4 Å². The number of carboxylic acid groups (broad SMARTS) is 1. The molecule has 14 heteroatoms. The normalized spacial score (nSPS) is 15.0. The van der Waals surface area contributed by atoms with Crippen LogP contribution in [-0.2, 0) is 32.0 Å². The number of aliphatic carboxylic acids is 1. The predicted molar refractivity (Wildman–Crippen MR) is 150 cm³/mol. The summed E-state index contributed by atoms with van der Waals surface area (Å²) in [5, 5.41) is 27.7. The number of rotatable bonds is 15. The van der Waals surface area contributed by atoms with Gasteiger partial charge in [0.2, 0.25) is 17.7 Å². The summed E-state index contributed by atoms with van der Waals surface area (Å²) in [7, 11) is 0. The standard InChI is InChI=1S/C26H35N7O6S/c1-14(34)22(26(38)39)33-25(37)21(10-16-12-28-13-30-16)32-24(36)20(7-8-40-2)31-23(35)18(27)9-15-11-29-19-6-4-3-5-17(15)19/h3-6,11-14,18,20-22,29,34H,7-10,27H2,1-2H3,(H,28,30)(H,31,35)(H,32,36)(H,33,37)(H,38,39). The molecule has 0 radical (unpaired) electrons. The Hall–Kier alpha value is -3.88. The molecule has 13 nitrogen and oxygen atoms in total. The molecule has 9 N–H and O–H groups in total. The highest BCUT2D eigenvalue weighted by molar-refractivity contribution is 7.98. The van der Waals surface area contributed by atoms with Crippen LogP contribution in [0.5, 0.6) is 0 Å². The van der Waals surface area contributed by atoms with Crippen LogP contribution in [0.25, 0.3) is 10.9 Å². The average Bonchev–Trinajstić information content (AvgIpc) is 3.58. The molecular weight excluding hydrogens is 538 g/mol. The molecule has 3 rings (SSSR count). The minimum Gasteiger partial charge on any atom is -0.480 e. The number of aromatic amines is 2. The summed E-state index contributed by atoms with van der Waals surface area (Å²) in [6, 6.07) is 2.90. The molecule has 5 atom stereocenters. The zero-order valence-electron chi connectivity index (χ0n) is 22.2. The Labute approximate surface area is 235 Å². The van der Waals surface area contributed by atoms with Gasteiger partial charge < -0.3 is 41.9 Å². The van der Waals surface area contributed by atoms with Crippen molar-refractivity contribution < 1.29 is 29.4 Å². The summed E-state index contributed by atoms with van der Waals surface area (Å²) in [5.41, 5.74) is 8.51. The number of para-hydroxylation sites is 1. The van der Waals surface area contributed by atoms with Crippen LogP contribution in [0.1, 0.15) is 24.6 Å². The van der Waals surface area contributed by atoms with Crippen molar-refractivity contribution in [3.05, 3.63) is 54.2 Å². The van der Waals surface area contributed by atoms with Gasteiger partial charge in [-0.15, -0.1) is 0 Å². The second kappa shape index (κ2) is 14.5. The highest BCUT2D eigenvalue weighted by Gasteiger charge is 2.32. The van der Waals surface area contributed by atoms with Crippen LogP contribution in [0.2, 0.25) is 0 Å². The monoisotopic (exact) mass is 573 g/mol. The lowest BCUT2D eigenvalue weighted by Crippen LogP contribution is -2.59. The molecule has 0 fully saturated rings. The lowest BCUT2D eigenvalue weighted by molar-refractivity contribution is -0.145. The molecule has 1 aromatic carbocycles. The number of fused-ring (bicyclic) bond motifs is 1. The van der Waals surface area contributed by atoms with Gasteiger partial charge in [0.05, 0.1) is 18.5 Å². The number of nitrogens with two attached hydrogens (primary N) is 1. The van der Waals surface area contributed by atoms with E-state index in [-0.39, 0.29) is 19.3 Å². The number of carbonyl (C=O) groups is 4. The van der Waals surface area contributed by atoms with Gasteiger partial charge in [-0.2, -0.15) is 11.8 Å². The van der Waals surface area contributed by atoms with E-state index in [0.717, 1.165) is 16.5 Å². The van der Waals surface area contributed by atoms with E-state index in [1.54, 1.807) is 6.20 Å². The van der Waals surface area contributed by atoms with Crippen LogP contribution in [-0.4, -0.2) is 91.1 Å². The number of nitrogens with zero attached hydrogens (tertiary/aromatic N) is 1. The average molecular weight is 574 g/mol. The zero-order chi connectivity index (χ0) is 29.2. The first kappa shape index (κ1) is 30.7. The van der Waals surface area contributed by atoms with Gasteiger partial charge in [0.25, 0.3) is 0 Å². The number of amides is 3. The fraction of sp³-hybridized carbons (Fsp3) is 0.423. The third-order valence-electron chi connectivity index (χ3n) is 6.35. The number of aliphatic hydroxyl groups excluding tert-OH is 1. The Bertz CT molecular complexity index is 1300. The Morgan fingerprint density at radius 1 is 1.02 bits per heavy atom. The lowest BCUT2D eigenvalue weighted by atomic mass is 10.0. The Morgan fingerprint density at radius 3 is 2.38 bits per heavy atom. The molecule has 0 saturated carbocycles. The number of carbonyl (C=O) groups excluding carboxylic acids is 3. The van der Waals surface area contributed by atoms with Crippen molar-refractivity contribution in [2.24, 2.45) is 5.73 Å². The highest BCUT2D eigenvalue weighted by Crippen LogP contribution is 2.19. The fourth-order valence-electron chi connectivity index (χ4n) is 4.15. The number of nitrogens with one attached hydrogen (secondary N) is 5. The molecule has 0 aliphatic rings. The van der Waals surface area contributed by atoms with E-state index >= 15 is 0 Å². The van der Waals surface area contributed by atoms with Gasteiger partial charge in [-0.05, 0) is 43.4 Å². The van der Waals surface area contributed by atoms with E-state index in [0.29, 0.717) is 11.4 Å². The third-order valence-corrected chi connectivity index (χ3v) is 7.00. The van der Waals surface area contributed by atoms with Gasteiger partial charge in [-0.1, -0.05) is 18.2 Å². The van der Waals surface area contributed by atoms with Gasteiger partial charge in [-0.3, -0.25) is 14.4 Å². The van der Waals surface area contributed by atoms with Gasteiger partial charge in [-0.25, -0.2) is 9.78 Å². The van der Waals surface area contributed by atoms with E-state index in [1.165, 1.54) is 31.2 Å². The number of benzene rings is 1. The molecular formula is C26H35N7O6S. The topological polar surface area (TPSA) is 215 Å². The van der Waals surface area contributed by atoms with Gasteiger partial charge in [0.1, 0.15) is 12.1 Å². The third kappa shape index (κ3) is 8.31. The molecule has 0 aliphatic heterocycles. The van der Waals surface area contributed by atoms with Gasteiger partial charge >= 0.3 is 5.97 Å². The number of carboxylic acids is 1. The van der Waals surface area contributed by atoms with Crippen molar-refractivity contribution in [2.45, 2.75) is 56.5 Å². The minimum atomic E-state index is -1.58. The molecule has 5 unspecified atom stereocenters. The molecule has 3 aromatic rings. The first-order valence-electron chi connectivity index (χ1n) is 12.7. The number of hydrogen-bond donors (Lipinski definition) is 8. The molecule has 2 heterocycles. The van der Waals surface area contributed by atoms with Gasteiger partial charge in [0.15, 0.2) is 6.04 Å². The first-order valence-corrected chi connectivity index (χ1v) is 14.1. The molecule has 216 valence electrons. The lowest BCUT2D eigenvalue weighted by Gasteiger charge is -2.25. The Kier molecular flexibility index (Phi) is 11.1. The van der Waals surface area contributed by atoms with Crippen LogP contribution in [0.4, 0.5) is 0 Å². The molecule has 0 saturated heterocycles. The maximum atomic E-state index is 13.3. The smallest absolute Gasteiger partial charge is 0.328 e. The summed E-state index contributed by atoms with van der Waals surface area (Å²) in [6.07, 6.45) is 5.62. The number of hydrogen-bond acceptors (Lipinski definition) is 8. The number of aromatic nitrogens is 3. The summed E-state index contributed by atoms with van der Waals surface area (Å²) in [5.74, 6) is -2.87. The number of H-pyrrole nitrogens is 2. The number of imidazole rings is 1. The van der Waals surface area contributed by atoms with Crippen LogP contribution < -0.4 is 21.7 Å². The van der Waals surface area contributed by atoms with E-state index in [1.807, 2.05) is 30.5 Å². The minimum absolute atomic E-state index is 0.0347. The van der Waals surface area contributed by atoms with Crippen molar-refractivity contribution in [2.75, 3.05) is 12.0 Å². The van der Waals surface area contributed by atoms with Crippen molar-refractivity contribution in [3.8, 4) is 0 Å². The SMILES string of the molecule is CSCCC(NC(=O)C(N)Cc1c[nH]c2ccccc12)C(=O)NC(Cc1cnc[nH]1)C(=O)NC(C(=O)O)C(C)O. The molecule has 2 aromatic heterocycles. The van der Waals surface area contributed by atoms with Gasteiger partial charge in [0, 0.05) is 35.4 Å². The Morgan fingerprint density at radius 2 is 1.73 bits per heavy atom. The van der Waals surface area contributed by atoms with Crippen molar-refractivity contribution in [3.63, 3.8) is 0 Å². The van der Waals surface area contributed by atoms with Crippen LogP contribution >= 0.6 is 11.8 Å². The molecule has 40 heavy (non-hydrogen) atoms. The zero-order valence-corrected chi connectivity index (χ0v) is 23.0. The van der Waals surface area contributed by atoms with Crippen molar-refractivity contribution in [1.29, 1.82) is 0 Å². The largest absolute Gasteiger partial charge is 0.480 e. The second-order valence-electron chi connectivity index (χ2n) is 9.42. The number of thioether (sulfide) groups is 1. The summed E-state index contributed by atoms with van der Waals surface area (Å²) < 4.78 is 0. The maximum absolute atomic E-state index is 13.3. The van der Waals surface area contributed by atoms with Crippen LogP contribution in [0.3, 0.4) is 0 Å². The molecule has 0 aliphatic carbocycles.